The largest absolute Gasteiger partial charge is 0.336 e. The zero-order valence-electron chi connectivity index (χ0n) is 19.1. The van der Waals surface area contributed by atoms with Gasteiger partial charge in [-0.05, 0) is 77.5 Å². The van der Waals surface area contributed by atoms with Crippen molar-refractivity contribution in [2.24, 2.45) is 0 Å². The summed E-state index contributed by atoms with van der Waals surface area (Å²) in [5.41, 5.74) is 1.90. The fourth-order valence-electron chi connectivity index (χ4n) is 4.04. The molecule has 0 saturated carbocycles. The van der Waals surface area contributed by atoms with Crippen molar-refractivity contribution < 1.29 is 9.59 Å². The minimum Gasteiger partial charge on any atom is -0.336 e. The van der Waals surface area contributed by atoms with Crippen LogP contribution < -0.4 is 5.32 Å². The highest BCUT2D eigenvalue weighted by atomic mass is 127. The van der Waals surface area contributed by atoms with Gasteiger partial charge in [0.15, 0.2) is 5.11 Å². The topological polar surface area (TPSA) is 52.7 Å². The summed E-state index contributed by atoms with van der Waals surface area (Å²) in [5, 5.41) is 3.48. The summed E-state index contributed by atoms with van der Waals surface area (Å²) >= 11 is 7.96. The Morgan fingerprint density at radius 3 is 2.39 bits per heavy atom. The summed E-state index contributed by atoms with van der Waals surface area (Å²) in [4.78, 5) is 29.8. The molecule has 1 N–H and O–H groups in total. The molecular formula is C26H32IN3O2S. The van der Waals surface area contributed by atoms with Crippen molar-refractivity contribution in [1.29, 1.82) is 0 Å². The maximum Gasteiger partial charge on any atom is 0.252 e. The standard InChI is InChI=1S/C26H32IN3O2S/c1-2-3-4-5-9-17-29-23(19-24(31)28-22-14-12-21(27)13-15-22)25(32)30(26(29)33)18-16-20-10-7-6-8-11-20/h6-8,10-15,23H,2-5,9,16-19H2,1H3,(H,28,31). The molecule has 2 amide bonds. The molecule has 33 heavy (non-hydrogen) atoms. The van der Waals surface area contributed by atoms with Crippen molar-refractivity contribution in [2.75, 3.05) is 18.4 Å². The minimum atomic E-state index is -0.539. The monoisotopic (exact) mass is 577 g/mol. The van der Waals surface area contributed by atoms with E-state index in [2.05, 4.69) is 47.0 Å². The predicted molar refractivity (Wildman–Crippen MR) is 146 cm³/mol. The average molecular weight is 578 g/mol. The summed E-state index contributed by atoms with van der Waals surface area (Å²) in [5.74, 6) is -0.236. The average Bonchev–Trinajstić information content (AvgIpc) is 3.03. The maximum atomic E-state index is 13.3. The number of carbonyl (C=O) groups is 2. The number of nitrogens with one attached hydrogen (secondary N) is 1. The molecule has 1 unspecified atom stereocenters. The van der Waals surface area contributed by atoms with Crippen molar-refractivity contribution in [3.8, 4) is 0 Å². The Kier molecular flexibility index (Phi) is 10.1. The third-order valence-corrected chi connectivity index (χ3v) is 7.05. The van der Waals surface area contributed by atoms with Gasteiger partial charge in [0.05, 0.1) is 6.42 Å². The Morgan fingerprint density at radius 2 is 1.70 bits per heavy atom. The first-order valence-corrected chi connectivity index (χ1v) is 13.2. The second kappa shape index (κ2) is 13.0. The Hall–Kier alpha value is -2.00. The molecule has 0 bridgehead atoms. The smallest absolute Gasteiger partial charge is 0.252 e. The van der Waals surface area contributed by atoms with Crippen molar-refractivity contribution >= 4 is 57.4 Å². The quantitative estimate of drug-likeness (QED) is 0.202. The Morgan fingerprint density at radius 1 is 1.00 bits per heavy atom. The third-order valence-electron chi connectivity index (χ3n) is 5.88. The highest BCUT2D eigenvalue weighted by molar-refractivity contribution is 14.1. The number of unbranched alkanes of at least 4 members (excludes halogenated alkanes) is 4. The number of hydrogen-bond donors (Lipinski definition) is 1. The van der Waals surface area contributed by atoms with Gasteiger partial charge in [-0.1, -0.05) is 62.9 Å². The van der Waals surface area contributed by atoms with Gasteiger partial charge in [0.25, 0.3) is 5.91 Å². The number of carbonyl (C=O) groups excluding carboxylic acids is 2. The van der Waals surface area contributed by atoms with E-state index in [0.717, 1.165) is 28.5 Å². The molecule has 7 heteroatoms. The van der Waals surface area contributed by atoms with Gasteiger partial charge in [0, 0.05) is 22.3 Å². The molecule has 0 spiro atoms. The van der Waals surface area contributed by atoms with Crippen LogP contribution in [-0.2, 0) is 16.0 Å². The molecule has 1 aliphatic rings. The van der Waals surface area contributed by atoms with Gasteiger partial charge in [-0.3, -0.25) is 14.5 Å². The second-order valence-electron chi connectivity index (χ2n) is 8.39. The maximum absolute atomic E-state index is 13.3. The van der Waals surface area contributed by atoms with Gasteiger partial charge in [-0.25, -0.2) is 0 Å². The van der Waals surface area contributed by atoms with Crippen LogP contribution in [0.1, 0.15) is 51.0 Å². The lowest BCUT2D eigenvalue weighted by Crippen LogP contribution is -2.38. The van der Waals surface area contributed by atoms with Crippen LogP contribution in [-0.4, -0.2) is 45.9 Å². The number of nitrogens with zero attached hydrogens (tertiary/aromatic N) is 2. The highest BCUT2D eigenvalue weighted by Crippen LogP contribution is 2.23. The zero-order chi connectivity index (χ0) is 23.6. The number of rotatable bonds is 12. The number of benzene rings is 2. The van der Waals surface area contributed by atoms with E-state index < -0.39 is 6.04 Å². The molecule has 2 aromatic rings. The van der Waals surface area contributed by atoms with E-state index >= 15 is 0 Å². The van der Waals surface area contributed by atoms with Crippen molar-refractivity contribution in [3.05, 3.63) is 63.7 Å². The first kappa shape index (κ1) is 25.6. The molecule has 3 rings (SSSR count). The summed E-state index contributed by atoms with van der Waals surface area (Å²) in [7, 11) is 0. The molecule has 0 aromatic heterocycles. The second-order valence-corrected chi connectivity index (χ2v) is 10.0. The predicted octanol–water partition coefficient (Wildman–Crippen LogP) is 5.63. The van der Waals surface area contributed by atoms with Gasteiger partial charge >= 0.3 is 0 Å². The van der Waals surface area contributed by atoms with Crippen LogP contribution in [0.3, 0.4) is 0 Å². The zero-order valence-corrected chi connectivity index (χ0v) is 22.1. The first-order chi connectivity index (χ1) is 16.0. The van der Waals surface area contributed by atoms with Gasteiger partial charge in [0.1, 0.15) is 6.04 Å². The van der Waals surface area contributed by atoms with E-state index in [-0.39, 0.29) is 18.2 Å². The van der Waals surface area contributed by atoms with Crippen molar-refractivity contribution in [3.63, 3.8) is 0 Å². The molecule has 2 aromatic carbocycles. The van der Waals surface area contributed by atoms with Crippen molar-refractivity contribution in [1.82, 2.24) is 9.80 Å². The molecule has 0 aliphatic carbocycles. The van der Waals surface area contributed by atoms with E-state index in [0.29, 0.717) is 18.2 Å². The lowest BCUT2D eigenvalue weighted by atomic mass is 10.1. The van der Waals surface area contributed by atoms with E-state index in [1.165, 1.54) is 24.8 Å². The van der Waals surface area contributed by atoms with Crippen LogP contribution in [0.2, 0.25) is 0 Å². The first-order valence-electron chi connectivity index (χ1n) is 11.7. The van der Waals surface area contributed by atoms with Crippen molar-refractivity contribution in [2.45, 2.75) is 57.9 Å². The molecule has 1 fully saturated rings. The molecule has 0 radical (unpaired) electrons. The van der Waals surface area contributed by atoms with Crippen LogP contribution in [0.4, 0.5) is 5.69 Å². The van der Waals surface area contributed by atoms with Gasteiger partial charge in [-0.2, -0.15) is 0 Å². The lowest BCUT2D eigenvalue weighted by Gasteiger charge is -2.24. The van der Waals surface area contributed by atoms with E-state index in [9.17, 15) is 9.59 Å². The summed E-state index contributed by atoms with van der Waals surface area (Å²) in [6.07, 6.45) is 6.49. The number of amides is 2. The molecule has 1 saturated heterocycles. The van der Waals surface area contributed by atoms with Crippen LogP contribution in [0.5, 0.6) is 0 Å². The lowest BCUT2D eigenvalue weighted by molar-refractivity contribution is -0.130. The van der Waals surface area contributed by atoms with Gasteiger partial charge in [0.2, 0.25) is 5.91 Å². The fourth-order valence-corrected chi connectivity index (χ4v) is 4.80. The molecule has 5 nitrogen and oxygen atoms in total. The summed E-state index contributed by atoms with van der Waals surface area (Å²) in [6.45, 7) is 3.43. The van der Waals surface area contributed by atoms with Crippen LogP contribution in [0, 0.1) is 3.57 Å². The minimum absolute atomic E-state index is 0.0674. The fraction of sp³-hybridized carbons (Fsp3) is 0.423. The molecule has 1 aliphatic heterocycles. The van der Waals surface area contributed by atoms with Gasteiger partial charge in [-0.15, -0.1) is 0 Å². The van der Waals surface area contributed by atoms with E-state index in [4.69, 9.17) is 12.2 Å². The Bertz CT molecular complexity index is 936. The normalized spacial score (nSPS) is 15.9. The van der Waals surface area contributed by atoms with Gasteiger partial charge < -0.3 is 10.2 Å². The summed E-state index contributed by atoms with van der Waals surface area (Å²) < 4.78 is 1.10. The van der Waals surface area contributed by atoms with Crippen LogP contribution in [0.25, 0.3) is 0 Å². The Labute approximate surface area is 216 Å². The molecular weight excluding hydrogens is 545 g/mol. The summed E-state index contributed by atoms with van der Waals surface area (Å²) in [6, 6.07) is 17.2. The number of hydrogen-bond acceptors (Lipinski definition) is 3. The SMILES string of the molecule is CCCCCCCN1C(=S)N(CCc2ccccc2)C(=O)C1CC(=O)Nc1ccc(I)cc1. The molecule has 1 atom stereocenters. The molecule has 1 heterocycles. The van der Waals surface area contributed by atoms with E-state index in [1.807, 2.05) is 47.4 Å². The van der Waals surface area contributed by atoms with E-state index in [1.54, 1.807) is 4.90 Å². The number of anilines is 1. The third kappa shape index (κ3) is 7.50. The highest BCUT2D eigenvalue weighted by Gasteiger charge is 2.42. The Balaban J connectivity index is 1.66. The number of halogens is 1. The van der Waals surface area contributed by atoms with Crippen LogP contribution in [0.15, 0.2) is 54.6 Å². The van der Waals surface area contributed by atoms with Crippen LogP contribution >= 0.6 is 34.8 Å². The molecule has 176 valence electrons. The number of thiocarbonyl (C=S) groups is 1.